The Balaban J connectivity index is 2.25. The molecule has 0 atom stereocenters. The van der Waals surface area contributed by atoms with E-state index in [2.05, 4.69) is 15.6 Å². The van der Waals surface area contributed by atoms with Crippen LogP contribution in [0, 0.1) is 0 Å². The van der Waals surface area contributed by atoms with E-state index in [0.717, 1.165) is 17.1 Å². The second kappa shape index (κ2) is 7.33. The number of thioether (sulfide) groups is 1. The number of aromatic nitrogens is 1. The van der Waals surface area contributed by atoms with Gasteiger partial charge in [0.2, 0.25) is 0 Å². The minimum atomic E-state index is -0.318. The molecule has 0 spiro atoms. The third kappa shape index (κ3) is 3.89. The zero-order valence-electron chi connectivity index (χ0n) is 11.8. The Labute approximate surface area is 133 Å². The minimum Gasteiger partial charge on any atom is -0.370 e. The maximum Gasteiger partial charge on any atom is 0.275 e. The summed E-state index contributed by atoms with van der Waals surface area (Å²) in [7, 11) is 0. The third-order valence-corrected chi connectivity index (χ3v) is 3.87. The van der Waals surface area contributed by atoms with E-state index < -0.39 is 0 Å². The van der Waals surface area contributed by atoms with E-state index in [1.54, 1.807) is 23.9 Å². The highest BCUT2D eigenvalue weighted by Gasteiger charge is 2.14. The number of amides is 1. The topological polar surface area (TPSA) is 54.0 Å². The molecule has 0 aliphatic carbocycles. The number of nitrogens with one attached hydrogen (secondary N) is 2. The highest BCUT2D eigenvalue weighted by molar-refractivity contribution is 7.98. The molecule has 0 unspecified atom stereocenters. The van der Waals surface area contributed by atoms with E-state index in [0.29, 0.717) is 10.8 Å². The van der Waals surface area contributed by atoms with E-state index in [-0.39, 0.29) is 11.6 Å². The van der Waals surface area contributed by atoms with Gasteiger partial charge in [-0.1, -0.05) is 23.7 Å². The Morgan fingerprint density at radius 1 is 1.29 bits per heavy atom. The molecule has 0 aliphatic heterocycles. The molecule has 2 N–H and O–H groups in total. The van der Waals surface area contributed by atoms with Crippen molar-refractivity contribution in [2.45, 2.75) is 11.8 Å². The lowest BCUT2D eigenvalue weighted by atomic mass is 10.3. The number of pyridine rings is 1. The molecule has 0 aliphatic rings. The number of anilines is 2. The van der Waals surface area contributed by atoms with Gasteiger partial charge in [0.05, 0.1) is 10.7 Å². The molecular weight excluding hydrogens is 306 g/mol. The monoisotopic (exact) mass is 321 g/mol. The molecule has 6 heteroatoms. The second-order valence-corrected chi connectivity index (χ2v) is 5.47. The molecule has 1 amide bonds. The number of carbonyl (C=O) groups is 1. The Morgan fingerprint density at radius 2 is 2.05 bits per heavy atom. The first kappa shape index (κ1) is 15.7. The number of rotatable bonds is 5. The summed E-state index contributed by atoms with van der Waals surface area (Å²) in [5.74, 6) is 0.312. The lowest BCUT2D eigenvalue weighted by Crippen LogP contribution is -2.16. The van der Waals surface area contributed by atoms with Gasteiger partial charge in [0.1, 0.15) is 11.5 Å². The van der Waals surface area contributed by atoms with Gasteiger partial charge < -0.3 is 10.6 Å². The van der Waals surface area contributed by atoms with Crippen LogP contribution in [0.4, 0.5) is 11.5 Å². The number of nitrogens with zero attached hydrogens (tertiary/aromatic N) is 1. The summed E-state index contributed by atoms with van der Waals surface area (Å²) in [5.41, 5.74) is 0.966. The summed E-state index contributed by atoms with van der Waals surface area (Å²) in [5, 5.41) is 6.25. The molecule has 1 aromatic heterocycles. The standard InChI is InChI=1S/C15H16ClN3OS/c1-3-17-13-9-8-10(16)14(19-13)15(20)18-11-6-4-5-7-12(11)21-2/h4-9H,3H2,1-2H3,(H,17,19)(H,18,20). The zero-order chi connectivity index (χ0) is 15.2. The van der Waals surface area contributed by atoms with Crippen molar-refractivity contribution >= 4 is 40.8 Å². The SMILES string of the molecule is CCNc1ccc(Cl)c(C(=O)Nc2ccccc2SC)n1. The normalized spacial score (nSPS) is 10.2. The molecule has 1 aromatic carbocycles. The van der Waals surface area contributed by atoms with E-state index >= 15 is 0 Å². The number of hydrogen-bond acceptors (Lipinski definition) is 4. The van der Waals surface area contributed by atoms with Gasteiger partial charge in [0, 0.05) is 11.4 Å². The number of carbonyl (C=O) groups excluding carboxylic acids is 1. The largest absolute Gasteiger partial charge is 0.370 e. The fraction of sp³-hybridized carbons (Fsp3) is 0.200. The predicted octanol–water partition coefficient (Wildman–Crippen LogP) is 4.14. The van der Waals surface area contributed by atoms with E-state index in [1.165, 1.54) is 0 Å². The number of benzene rings is 1. The summed E-state index contributed by atoms with van der Waals surface area (Å²) >= 11 is 7.64. The molecule has 0 radical (unpaired) electrons. The molecule has 0 saturated carbocycles. The third-order valence-electron chi connectivity index (χ3n) is 2.77. The fourth-order valence-electron chi connectivity index (χ4n) is 1.81. The van der Waals surface area contributed by atoms with E-state index in [1.807, 2.05) is 37.4 Å². The van der Waals surface area contributed by atoms with Crippen molar-refractivity contribution in [3.8, 4) is 0 Å². The van der Waals surface area contributed by atoms with E-state index in [9.17, 15) is 4.79 Å². The van der Waals surface area contributed by atoms with Crippen molar-refractivity contribution < 1.29 is 4.79 Å². The molecule has 1 heterocycles. The lowest BCUT2D eigenvalue weighted by molar-refractivity contribution is 0.102. The van der Waals surface area contributed by atoms with Crippen molar-refractivity contribution in [2.24, 2.45) is 0 Å². The molecule has 2 aromatic rings. The molecule has 0 saturated heterocycles. The van der Waals surface area contributed by atoms with Gasteiger partial charge in [0.25, 0.3) is 5.91 Å². The first-order chi connectivity index (χ1) is 10.2. The first-order valence-corrected chi connectivity index (χ1v) is 8.10. The second-order valence-electron chi connectivity index (χ2n) is 4.21. The van der Waals surface area contributed by atoms with Crippen LogP contribution >= 0.6 is 23.4 Å². The van der Waals surface area contributed by atoms with Crippen LogP contribution in [0.2, 0.25) is 5.02 Å². The maximum absolute atomic E-state index is 12.4. The number of halogens is 1. The fourth-order valence-corrected chi connectivity index (χ4v) is 2.56. The smallest absolute Gasteiger partial charge is 0.275 e. The van der Waals surface area contributed by atoms with Crippen LogP contribution in [0.25, 0.3) is 0 Å². The van der Waals surface area contributed by atoms with Crippen LogP contribution in [0.1, 0.15) is 17.4 Å². The summed E-state index contributed by atoms with van der Waals surface area (Å²) in [6, 6.07) is 11.0. The average molecular weight is 322 g/mol. The molecule has 21 heavy (non-hydrogen) atoms. The number of hydrogen-bond donors (Lipinski definition) is 2. The van der Waals surface area contributed by atoms with E-state index in [4.69, 9.17) is 11.6 Å². The van der Waals surface area contributed by atoms with Gasteiger partial charge >= 0.3 is 0 Å². The molecule has 0 bridgehead atoms. The highest BCUT2D eigenvalue weighted by Crippen LogP contribution is 2.26. The van der Waals surface area contributed by atoms with Crippen molar-refractivity contribution in [2.75, 3.05) is 23.4 Å². The van der Waals surface area contributed by atoms with Crippen LogP contribution < -0.4 is 10.6 Å². The van der Waals surface area contributed by atoms with Crippen LogP contribution in [0.3, 0.4) is 0 Å². The minimum absolute atomic E-state index is 0.214. The van der Waals surface area contributed by atoms with Gasteiger partial charge in [-0.25, -0.2) is 4.98 Å². The van der Waals surface area contributed by atoms with Gasteiger partial charge in [0.15, 0.2) is 0 Å². The molecule has 2 rings (SSSR count). The quantitative estimate of drug-likeness (QED) is 0.813. The first-order valence-electron chi connectivity index (χ1n) is 6.50. The van der Waals surface area contributed by atoms with Crippen LogP contribution in [0.5, 0.6) is 0 Å². The Bertz CT molecular complexity index is 649. The lowest BCUT2D eigenvalue weighted by Gasteiger charge is -2.11. The van der Waals surface area contributed by atoms with Crippen molar-refractivity contribution in [1.29, 1.82) is 0 Å². The van der Waals surface area contributed by atoms with Gasteiger partial charge in [-0.3, -0.25) is 4.79 Å². The highest BCUT2D eigenvalue weighted by atomic mass is 35.5. The Morgan fingerprint density at radius 3 is 2.76 bits per heavy atom. The zero-order valence-corrected chi connectivity index (χ0v) is 13.4. The molecule has 0 fully saturated rings. The van der Waals surface area contributed by atoms with Crippen LogP contribution in [0.15, 0.2) is 41.3 Å². The van der Waals surface area contributed by atoms with Gasteiger partial charge in [-0.15, -0.1) is 11.8 Å². The van der Waals surface area contributed by atoms with Gasteiger partial charge in [-0.2, -0.15) is 0 Å². The van der Waals surface area contributed by atoms with Crippen molar-refractivity contribution in [3.05, 3.63) is 47.1 Å². The summed E-state index contributed by atoms with van der Waals surface area (Å²) in [6.45, 7) is 2.69. The van der Waals surface area contributed by atoms with Gasteiger partial charge in [-0.05, 0) is 37.4 Å². The summed E-state index contributed by atoms with van der Waals surface area (Å²) in [4.78, 5) is 17.6. The summed E-state index contributed by atoms with van der Waals surface area (Å²) in [6.07, 6.45) is 1.96. The average Bonchev–Trinajstić information content (AvgIpc) is 2.50. The molecular formula is C15H16ClN3OS. The molecule has 4 nitrogen and oxygen atoms in total. The van der Waals surface area contributed by atoms with Crippen molar-refractivity contribution in [1.82, 2.24) is 4.98 Å². The predicted molar refractivity (Wildman–Crippen MR) is 89.6 cm³/mol. The summed E-state index contributed by atoms with van der Waals surface area (Å²) < 4.78 is 0. The van der Waals surface area contributed by atoms with Crippen molar-refractivity contribution in [3.63, 3.8) is 0 Å². The Hall–Kier alpha value is -1.72. The van der Waals surface area contributed by atoms with Crippen LogP contribution in [-0.4, -0.2) is 23.7 Å². The van der Waals surface area contributed by atoms with Crippen LogP contribution in [-0.2, 0) is 0 Å². The Kier molecular flexibility index (Phi) is 5.47. The maximum atomic E-state index is 12.4. The number of para-hydroxylation sites is 1. The molecule has 110 valence electrons.